The zero-order valence-electron chi connectivity index (χ0n) is 23.3. The van der Waals surface area contributed by atoms with Crippen LogP contribution in [0.4, 0.5) is 10.1 Å². The predicted molar refractivity (Wildman–Crippen MR) is 165 cm³/mol. The molecule has 42 heavy (non-hydrogen) atoms. The minimum atomic E-state index is -0.517. The van der Waals surface area contributed by atoms with Crippen LogP contribution in [-0.4, -0.2) is 28.2 Å². The van der Waals surface area contributed by atoms with E-state index in [1.54, 1.807) is 18.3 Å². The Labute approximate surface area is 250 Å². The van der Waals surface area contributed by atoms with Crippen LogP contribution in [0.3, 0.4) is 0 Å². The van der Waals surface area contributed by atoms with Crippen molar-refractivity contribution in [3.8, 4) is 22.3 Å². The summed E-state index contributed by atoms with van der Waals surface area (Å²) in [5.41, 5.74) is 5.94. The zero-order chi connectivity index (χ0) is 29.2. The molecule has 212 valence electrons. The molecular formula is C35H31ClFN3O2. The lowest BCUT2D eigenvalue weighted by atomic mass is 9.89. The summed E-state index contributed by atoms with van der Waals surface area (Å²) in [5, 5.41) is 3.12. The molecule has 4 aromatic rings. The minimum Gasteiger partial charge on any atom is -0.330 e. The van der Waals surface area contributed by atoms with Gasteiger partial charge >= 0.3 is 0 Å². The number of benzene rings is 3. The number of rotatable bonds is 3. The van der Waals surface area contributed by atoms with E-state index >= 15 is 4.39 Å². The Morgan fingerprint density at radius 2 is 1.71 bits per heavy atom. The van der Waals surface area contributed by atoms with Gasteiger partial charge in [-0.3, -0.25) is 14.6 Å². The van der Waals surface area contributed by atoms with E-state index in [4.69, 9.17) is 16.6 Å². The lowest BCUT2D eigenvalue weighted by Gasteiger charge is -2.35. The van der Waals surface area contributed by atoms with E-state index in [9.17, 15) is 9.59 Å². The van der Waals surface area contributed by atoms with E-state index in [1.165, 1.54) is 0 Å². The third-order valence-corrected chi connectivity index (χ3v) is 8.55. The topological polar surface area (TPSA) is 62.3 Å². The number of pyridine rings is 1. The fourth-order valence-corrected chi connectivity index (χ4v) is 6.15. The van der Waals surface area contributed by atoms with Gasteiger partial charge in [0.25, 0.3) is 0 Å². The third kappa shape index (κ3) is 5.47. The van der Waals surface area contributed by atoms with Crippen molar-refractivity contribution >= 4 is 34.7 Å². The molecule has 7 heteroatoms. The van der Waals surface area contributed by atoms with Gasteiger partial charge in [0.05, 0.1) is 16.8 Å². The number of amides is 2. The van der Waals surface area contributed by atoms with Crippen molar-refractivity contribution in [2.45, 2.75) is 38.6 Å². The molecule has 0 spiro atoms. The highest BCUT2D eigenvalue weighted by atomic mass is 35.5. The molecule has 0 fully saturated rings. The van der Waals surface area contributed by atoms with Gasteiger partial charge < -0.3 is 10.2 Å². The maximum Gasteiger partial charge on any atom is 0.247 e. The molecule has 0 saturated carbocycles. The maximum atomic E-state index is 15.6. The molecule has 0 aliphatic carbocycles. The van der Waals surface area contributed by atoms with Crippen LogP contribution < -0.4 is 5.32 Å². The molecule has 6 rings (SSSR count). The standard InChI is InChI=1S/C35H31ClFN3O2/c1-22-8-7-13-31(30-20-24(16-18-38-30)26-11-5-6-12-29(26)39-35(22)42)40-19-17-25(21-32(40)41)33-27(14-15-28(36)34(33)37)23-9-3-2-4-10-23/h2-6,9-12,14-16,18,20-22,31H,7-8,13,17,19H2,1H3,(H,39,42)/t22-,31+/m1/s1. The van der Waals surface area contributed by atoms with Gasteiger partial charge in [-0.2, -0.15) is 0 Å². The number of para-hydroxylation sites is 1. The second-order valence-electron chi connectivity index (χ2n) is 11.0. The van der Waals surface area contributed by atoms with Gasteiger partial charge in [-0.05, 0) is 65.8 Å². The summed E-state index contributed by atoms with van der Waals surface area (Å²) >= 11 is 6.23. The van der Waals surface area contributed by atoms with Crippen molar-refractivity contribution in [1.82, 2.24) is 9.88 Å². The molecule has 2 atom stereocenters. The molecule has 2 aliphatic heterocycles. The third-order valence-electron chi connectivity index (χ3n) is 8.26. The Bertz CT molecular complexity index is 1690. The number of nitrogens with zero attached hydrogens (tertiary/aromatic N) is 2. The molecule has 0 saturated heterocycles. The van der Waals surface area contributed by atoms with Crippen LogP contribution >= 0.6 is 11.6 Å². The molecule has 1 N–H and O–H groups in total. The van der Waals surface area contributed by atoms with Crippen LogP contribution in [-0.2, 0) is 9.59 Å². The van der Waals surface area contributed by atoms with Gasteiger partial charge in [0, 0.05) is 41.5 Å². The average Bonchev–Trinajstić information content (AvgIpc) is 3.01. The number of carbonyl (C=O) groups is 2. The quantitative estimate of drug-likeness (QED) is 0.265. The van der Waals surface area contributed by atoms with Crippen molar-refractivity contribution in [2.24, 2.45) is 5.92 Å². The normalized spacial score (nSPS) is 19.2. The van der Waals surface area contributed by atoms with Gasteiger partial charge in [-0.25, -0.2) is 4.39 Å². The van der Waals surface area contributed by atoms with Crippen LogP contribution in [0.25, 0.3) is 27.8 Å². The Morgan fingerprint density at radius 1 is 0.929 bits per heavy atom. The smallest absolute Gasteiger partial charge is 0.247 e. The summed E-state index contributed by atoms with van der Waals surface area (Å²) in [6.45, 7) is 2.34. The van der Waals surface area contributed by atoms with Crippen LogP contribution in [0.15, 0.2) is 91.1 Å². The molecule has 2 bridgehead atoms. The number of fused-ring (bicyclic) bond motifs is 4. The fourth-order valence-electron chi connectivity index (χ4n) is 5.99. The first kappa shape index (κ1) is 27.9. The second kappa shape index (κ2) is 11.9. The number of carbonyl (C=O) groups excluding carboxylic acids is 2. The van der Waals surface area contributed by atoms with Gasteiger partial charge in [-0.15, -0.1) is 0 Å². The SMILES string of the molecule is C[C@@H]1CCC[C@H](N2CCC(c3c(-c4ccccc4)ccc(Cl)c3F)=CC2=O)c2cc(ccn2)-c2ccccc2NC1=O. The molecule has 1 aromatic heterocycles. The molecule has 2 amide bonds. The summed E-state index contributed by atoms with van der Waals surface area (Å²) < 4.78 is 15.6. The largest absolute Gasteiger partial charge is 0.330 e. The van der Waals surface area contributed by atoms with E-state index in [2.05, 4.69) is 5.32 Å². The Balaban J connectivity index is 1.38. The fraction of sp³-hybridized carbons (Fsp3) is 0.229. The molecule has 3 heterocycles. The summed E-state index contributed by atoms with van der Waals surface area (Å²) in [6, 6.07) is 24.3. The Morgan fingerprint density at radius 3 is 2.52 bits per heavy atom. The first-order valence-electron chi connectivity index (χ1n) is 14.3. The molecule has 0 radical (unpaired) electrons. The average molecular weight is 580 g/mol. The molecule has 2 aliphatic rings. The second-order valence-corrected chi connectivity index (χ2v) is 11.4. The maximum absolute atomic E-state index is 15.6. The van der Waals surface area contributed by atoms with Crippen molar-refractivity contribution in [1.29, 1.82) is 0 Å². The van der Waals surface area contributed by atoms with Crippen molar-refractivity contribution in [2.75, 3.05) is 11.9 Å². The molecular weight excluding hydrogens is 549 g/mol. The number of anilines is 1. The van der Waals surface area contributed by atoms with E-state index in [-0.39, 0.29) is 28.8 Å². The first-order valence-corrected chi connectivity index (χ1v) is 14.7. The van der Waals surface area contributed by atoms with E-state index in [0.29, 0.717) is 42.5 Å². The van der Waals surface area contributed by atoms with E-state index in [1.807, 2.05) is 84.6 Å². The van der Waals surface area contributed by atoms with Gasteiger partial charge in [0.15, 0.2) is 0 Å². The van der Waals surface area contributed by atoms with Gasteiger partial charge in [-0.1, -0.05) is 79.5 Å². The Kier molecular flexibility index (Phi) is 7.90. The minimum absolute atomic E-state index is 0.0201. The predicted octanol–water partition coefficient (Wildman–Crippen LogP) is 8.32. The lowest BCUT2D eigenvalue weighted by molar-refractivity contribution is -0.129. The zero-order valence-corrected chi connectivity index (χ0v) is 24.1. The number of hydrogen-bond donors (Lipinski definition) is 1. The van der Waals surface area contributed by atoms with Gasteiger partial charge in [0.2, 0.25) is 11.8 Å². The number of aromatic nitrogens is 1. The van der Waals surface area contributed by atoms with Crippen LogP contribution in [0.2, 0.25) is 5.02 Å². The number of nitrogens with one attached hydrogen (secondary N) is 1. The number of hydrogen-bond acceptors (Lipinski definition) is 3. The van der Waals surface area contributed by atoms with E-state index in [0.717, 1.165) is 34.5 Å². The monoisotopic (exact) mass is 579 g/mol. The first-order chi connectivity index (χ1) is 20.4. The number of halogens is 2. The molecule has 0 unspecified atom stereocenters. The highest BCUT2D eigenvalue weighted by Gasteiger charge is 2.31. The summed E-state index contributed by atoms with van der Waals surface area (Å²) in [7, 11) is 0. The highest BCUT2D eigenvalue weighted by Crippen LogP contribution is 2.40. The summed E-state index contributed by atoms with van der Waals surface area (Å²) in [4.78, 5) is 33.3. The Hall–Kier alpha value is -4.29. The highest BCUT2D eigenvalue weighted by molar-refractivity contribution is 6.31. The van der Waals surface area contributed by atoms with Gasteiger partial charge in [0.1, 0.15) is 5.82 Å². The van der Waals surface area contributed by atoms with Crippen molar-refractivity contribution in [3.63, 3.8) is 0 Å². The van der Waals surface area contributed by atoms with Crippen LogP contribution in [0, 0.1) is 11.7 Å². The lowest BCUT2D eigenvalue weighted by Crippen LogP contribution is -2.38. The molecule has 5 nitrogen and oxygen atoms in total. The van der Waals surface area contributed by atoms with Crippen LogP contribution in [0.1, 0.15) is 49.9 Å². The van der Waals surface area contributed by atoms with E-state index < -0.39 is 5.82 Å². The van der Waals surface area contributed by atoms with Crippen molar-refractivity contribution in [3.05, 3.63) is 113 Å². The summed E-state index contributed by atoms with van der Waals surface area (Å²) in [6.07, 6.45) is 5.87. The van der Waals surface area contributed by atoms with Crippen LogP contribution in [0.5, 0.6) is 0 Å². The molecule has 3 aromatic carbocycles. The summed E-state index contributed by atoms with van der Waals surface area (Å²) in [5.74, 6) is -0.912. The van der Waals surface area contributed by atoms with Crippen molar-refractivity contribution < 1.29 is 14.0 Å².